The molecule has 3 rings (SSSR count). The molecular formula is C17H24BrClN2. The van der Waals surface area contributed by atoms with Gasteiger partial charge in [0.05, 0.1) is 10.7 Å². The summed E-state index contributed by atoms with van der Waals surface area (Å²) in [6, 6.07) is 7.23. The number of hydrogen-bond acceptors (Lipinski definition) is 2. The second-order valence-electron chi connectivity index (χ2n) is 6.23. The maximum absolute atomic E-state index is 6.45. The van der Waals surface area contributed by atoms with Crippen LogP contribution in [0.25, 0.3) is 0 Å². The van der Waals surface area contributed by atoms with Gasteiger partial charge in [-0.1, -0.05) is 40.0 Å². The lowest BCUT2D eigenvalue weighted by Crippen LogP contribution is -2.46. The first-order valence-electron chi connectivity index (χ1n) is 8.11. The van der Waals surface area contributed by atoms with Crippen LogP contribution in [0.15, 0.2) is 18.2 Å². The van der Waals surface area contributed by atoms with E-state index in [1.807, 2.05) is 0 Å². The normalized spacial score (nSPS) is 21.7. The predicted octanol–water partition coefficient (Wildman–Crippen LogP) is 4.69. The Morgan fingerprint density at radius 2 is 1.76 bits per heavy atom. The van der Waals surface area contributed by atoms with E-state index in [0.717, 1.165) is 29.5 Å². The second-order valence-corrected chi connectivity index (χ2v) is 7.20. The fraction of sp³-hybridized carbons (Fsp3) is 0.647. The van der Waals surface area contributed by atoms with Crippen molar-refractivity contribution in [2.75, 3.05) is 31.1 Å². The molecule has 21 heavy (non-hydrogen) atoms. The minimum absolute atomic E-state index is 0.794. The van der Waals surface area contributed by atoms with Gasteiger partial charge in [-0.2, -0.15) is 0 Å². The molecule has 0 N–H and O–H groups in total. The number of anilines is 1. The van der Waals surface area contributed by atoms with E-state index in [1.54, 1.807) is 0 Å². The van der Waals surface area contributed by atoms with Crippen molar-refractivity contribution in [1.29, 1.82) is 0 Å². The second kappa shape index (κ2) is 7.34. The van der Waals surface area contributed by atoms with E-state index >= 15 is 0 Å². The average Bonchev–Trinajstić information content (AvgIpc) is 2.56. The van der Waals surface area contributed by atoms with Crippen LogP contribution < -0.4 is 4.90 Å². The molecule has 2 aliphatic heterocycles. The van der Waals surface area contributed by atoms with Crippen molar-refractivity contribution in [1.82, 2.24) is 4.90 Å². The van der Waals surface area contributed by atoms with Crippen LogP contribution in [0.3, 0.4) is 0 Å². The number of likely N-dealkylation sites (tertiary alicyclic amines) is 1. The molecule has 0 aliphatic carbocycles. The van der Waals surface area contributed by atoms with Crippen molar-refractivity contribution in [3.63, 3.8) is 0 Å². The molecule has 4 heteroatoms. The molecule has 0 amide bonds. The zero-order valence-corrected chi connectivity index (χ0v) is 14.9. The fourth-order valence-electron chi connectivity index (χ4n) is 3.65. The molecule has 0 saturated carbocycles. The van der Waals surface area contributed by atoms with Crippen molar-refractivity contribution in [2.24, 2.45) is 0 Å². The van der Waals surface area contributed by atoms with Crippen LogP contribution in [0.1, 0.15) is 37.7 Å². The van der Waals surface area contributed by atoms with E-state index in [1.165, 1.54) is 56.4 Å². The Kier molecular flexibility index (Phi) is 5.47. The third kappa shape index (κ3) is 3.75. The first-order chi connectivity index (χ1) is 10.3. The predicted molar refractivity (Wildman–Crippen MR) is 94.7 cm³/mol. The zero-order valence-electron chi connectivity index (χ0n) is 12.5. The van der Waals surface area contributed by atoms with Crippen LogP contribution in [-0.2, 0) is 5.33 Å². The molecule has 0 unspecified atom stereocenters. The summed E-state index contributed by atoms with van der Waals surface area (Å²) in [7, 11) is 0. The lowest BCUT2D eigenvalue weighted by Gasteiger charge is -2.41. The van der Waals surface area contributed by atoms with Crippen molar-refractivity contribution in [2.45, 2.75) is 43.5 Å². The molecule has 2 saturated heterocycles. The number of alkyl halides is 1. The van der Waals surface area contributed by atoms with E-state index in [-0.39, 0.29) is 0 Å². The first-order valence-corrected chi connectivity index (χ1v) is 9.61. The molecule has 1 aromatic carbocycles. The molecule has 2 fully saturated rings. The van der Waals surface area contributed by atoms with Gasteiger partial charge in [-0.05, 0) is 56.5 Å². The minimum Gasteiger partial charge on any atom is -0.370 e. The Balaban J connectivity index is 1.60. The van der Waals surface area contributed by atoms with Crippen molar-refractivity contribution >= 4 is 33.2 Å². The molecule has 0 spiro atoms. The van der Waals surface area contributed by atoms with Gasteiger partial charge in [-0.15, -0.1) is 0 Å². The molecule has 2 nitrogen and oxygen atoms in total. The number of halogens is 2. The van der Waals surface area contributed by atoms with Crippen LogP contribution in [0, 0.1) is 0 Å². The van der Waals surface area contributed by atoms with Gasteiger partial charge in [0, 0.05) is 24.5 Å². The standard InChI is InChI=1S/C17H24BrClN2/c18-13-14-4-5-17(16(19)12-14)21-10-6-15(7-11-21)20-8-2-1-3-9-20/h4-5,12,15H,1-3,6-11,13H2. The summed E-state index contributed by atoms with van der Waals surface area (Å²) < 4.78 is 0. The molecule has 2 heterocycles. The molecular weight excluding hydrogens is 348 g/mol. The zero-order chi connectivity index (χ0) is 14.7. The Hall–Kier alpha value is -0.250. The lowest BCUT2D eigenvalue weighted by molar-refractivity contribution is 0.141. The van der Waals surface area contributed by atoms with E-state index in [9.17, 15) is 0 Å². The quantitative estimate of drug-likeness (QED) is 0.711. The fourth-order valence-corrected chi connectivity index (χ4v) is 4.32. The van der Waals surface area contributed by atoms with Gasteiger partial charge in [0.15, 0.2) is 0 Å². The van der Waals surface area contributed by atoms with E-state index in [0.29, 0.717) is 0 Å². The van der Waals surface area contributed by atoms with Crippen molar-refractivity contribution < 1.29 is 0 Å². The Morgan fingerprint density at radius 1 is 1.05 bits per heavy atom. The third-order valence-corrected chi connectivity index (χ3v) is 5.83. The summed E-state index contributed by atoms with van der Waals surface area (Å²) in [6.07, 6.45) is 6.75. The highest BCUT2D eigenvalue weighted by Crippen LogP contribution is 2.31. The lowest BCUT2D eigenvalue weighted by atomic mass is 9.99. The topological polar surface area (TPSA) is 6.48 Å². The van der Waals surface area contributed by atoms with E-state index < -0.39 is 0 Å². The van der Waals surface area contributed by atoms with Gasteiger partial charge in [0.25, 0.3) is 0 Å². The largest absolute Gasteiger partial charge is 0.370 e. The van der Waals surface area contributed by atoms with Gasteiger partial charge < -0.3 is 9.80 Å². The number of hydrogen-bond donors (Lipinski definition) is 0. The third-order valence-electron chi connectivity index (χ3n) is 4.88. The maximum Gasteiger partial charge on any atom is 0.0642 e. The molecule has 0 atom stereocenters. The highest BCUT2D eigenvalue weighted by Gasteiger charge is 2.26. The molecule has 0 bridgehead atoms. The number of benzene rings is 1. The number of piperidine rings is 2. The molecule has 0 aromatic heterocycles. The molecule has 2 aliphatic rings. The van der Waals surface area contributed by atoms with Crippen molar-refractivity contribution in [3.8, 4) is 0 Å². The number of rotatable bonds is 3. The summed E-state index contributed by atoms with van der Waals surface area (Å²) in [5.41, 5.74) is 2.45. The monoisotopic (exact) mass is 370 g/mol. The van der Waals surface area contributed by atoms with Crippen molar-refractivity contribution in [3.05, 3.63) is 28.8 Å². The van der Waals surface area contributed by atoms with Gasteiger partial charge in [-0.3, -0.25) is 0 Å². The smallest absolute Gasteiger partial charge is 0.0642 e. The summed E-state index contributed by atoms with van der Waals surface area (Å²) in [4.78, 5) is 5.18. The van der Waals surface area contributed by atoms with Crippen LogP contribution in [0.5, 0.6) is 0 Å². The number of nitrogens with zero attached hydrogens (tertiary/aromatic N) is 2. The first kappa shape index (κ1) is 15.6. The maximum atomic E-state index is 6.45. The Morgan fingerprint density at radius 3 is 2.38 bits per heavy atom. The van der Waals surface area contributed by atoms with Gasteiger partial charge in [0.1, 0.15) is 0 Å². The van der Waals surface area contributed by atoms with Crippen LogP contribution in [0.2, 0.25) is 5.02 Å². The SMILES string of the molecule is Clc1cc(CBr)ccc1N1CCC(N2CCCCC2)CC1. The van der Waals surface area contributed by atoms with Gasteiger partial charge in [0.2, 0.25) is 0 Å². The summed E-state index contributed by atoms with van der Waals surface area (Å²) in [5.74, 6) is 0. The molecule has 0 radical (unpaired) electrons. The average molecular weight is 372 g/mol. The Bertz CT molecular complexity index is 466. The highest BCUT2D eigenvalue weighted by molar-refractivity contribution is 9.08. The summed E-state index contributed by atoms with van der Waals surface area (Å²) in [5, 5.41) is 1.76. The highest BCUT2D eigenvalue weighted by atomic mass is 79.9. The van der Waals surface area contributed by atoms with Gasteiger partial charge >= 0.3 is 0 Å². The van der Waals surface area contributed by atoms with Crippen LogP contribution in [0.4, 0.5) is 5.69 Å². The van der Waals surface area contributed by atoms with Crippen LogP contribution in [-0.4, -0.2) is 37.1 Å². The molecule has 116 valence electrons. The summed E-state index contributed by atoms with van der Waals surface area (Å²) in [6.45, 7) is 4.89. The molecule has 1 aromatic rings. The summed E-state index contributed by atoms with van der Waals surface area (Å²) >= 11 is 9.94. The minimum atomic E-state index is 0.794. The van der Waals surface area contributed by atoms with E-state index in [4.69, 9.17) is 11.6 Å². The van der Waals surface area contributed by atoms with Gasteiger partial charge in [-0.25, -0.2) is 0 Å². The Labute approximate surface area is 141 Å². The van der Waals surface area contributed by atoms with E-state index in [2.05, 4.69) is 43.9 Å². The van der Waals surface area contributed by atoms with Crippen LogP contribution >= 0.6 is 27.5 Å².